The van der Waals surface area contributed by atoms with Crippen LogP contribution in [0.1, 0.15) is 30.4 Å². The van der Waals surface area contributed by atoms with Crippen molar-refractivity contribution in [3.63, 3.8) is 0 Å². The fourth-order valence-electron chi connectivity index (χ4n) is 4.13. The van der Waals surface area contributed by atoms with E-state index in [-0.39, 0.29) is 0 Å². The third-order valence-corrected chi connectivity index (χ3v) is 5.44. The number of ether oxygens (including phenoxy) is 1. The lowest BCUT2D eigenvalue weighted by molar-refractivity contribution is 0.0340. The van der Waals surface area contributed by atoms with Crippen molar-refractivity contribution in [2.75, 3.05) is 6.54 Å². The second-order valence-electron chi connectivity index (χ2n) is 7.11. The fourth-order valence-corrected chi connectivity index (χ4v) is 4.13. The molecule has 2 heteroatoms. The van der Waals surface area contributed by atoms with Crippen LogP contribution in [0.25, 0.3) is 0 Å². The normalized spacial score (nSPS) is 27.1. The van der Waals surface area contributed by atoms with E-state index < -0.39 is 0 Å². The lowest BCUT2D eigenvalue weighted by Gasteiger charge is -2.38. The Morgan fingerprint density at radius 2 is 1.78 bits per heavy atom. The van der Waals surface area contributed by atoms with Gasteiger partial charge in [0.2, 0.25) is 0 Å². The van der Waals surface area contributed by atoms with E-state index in [1.807, 2.05) is 0 Å². The molecule has 3 atom stereocenters. The van der Waals surface area contributed by atoms with Crippen molar-refractivity contribution < 1.29 is 4.74 Å². The highest BCUT2D eigenvalue weighted by atomic mass is 16.5. The minimum absolute atomic E-state index is 0.333. The fraction of sp³-hybridized carbons (Fsp3) is 0.429. The van der Waals surface area contributed by atoms with Gasteiger partial charge in [0, 0.05) is 19.1 Å². The maximum atomic E-state index is 6.37. The number of aryl methyl sites for hydroxylation is 1. The first-order chi connectivity index (χ1) is 11.3. The molecule has 0 amide bonds. The maximum Gasteiger partial charge on any atom is 0.119 e. The van der Waals surface area contributed by atoms with E-state index in [1.54, 1.807) is 0 Å². The summed E-state index contributed by atoms with van der Waals surface area (Å²) >= 11 is 0. The lowest BCUT2D eigenvalue weighted by atomic mass is 9.95. The zero-order chi connectivity index (χ0) is 15.6. The lowest BCUT2D eigenvalue weighted by Crippen LogP contribution is -2.47. The highest BCUT2D eigenvalue weighted by Crippen LogP contribution is 2.39. The van der Waals surface area contributed by atoms with Crippen LogP contribution in [0, 0.1) is 12.8 Å². The topological polar surface area (TPSA) is 12.5 Å². The predicted molar refractivity (Wildman–Crippen MR) is 93.6 cm³/mol. The molecule has 23 heavy (non-hydrogen) atoms. The Morgan fingerprint density at radius 3 is 2.57 bits per heavy atom. The molecule has 2 fully saturated rings. The zero-order valence-electron chi connectivity index (χ0n) is 13.8. The van der Waals surface area contributed by atoms with E-state index in [9.17, 15) is 0 Å². The summed E-state index contributed by atoms with van der Waals surface area (Å²) in [6, 6.07) is 20.1. The minimum Gasteiger partial charge on any atom is -0.489 e. The van der Waals surface area contributed by atoms with Gasteiger partial charge in [0.15, 0.2) is 0 Å². The smallest absolute Gasteiger partial charge is 0.119 e. The van der Waals surface area contributed by atoms with Crippen molar-refractivity contribution in [3.05, 3.63) is 65.7 Å². The Balaban J connectivity index is 1.46. The number of hydrogen-bond donors (Lipinski definition) is 0. The SMILES string of the molecule is Cc1ccc(O[C@H]2CN(Cc3ccccc3)[C@@H]3CC[C@H]2C3)cc1. The second-order valence-corrected chi connectivity index (χ2v) is 7.11. The number of rotatable bonds is 4. The molecule has 0 N–H and O–H groups in total. The first kappa shape index (κ1) is 14.8. The Labute approximate surface area is 139 Å². The largest absolute Gasteiger partial charge is 0.489 e. The number of piperidine rings is 1. The van der Waals surface area contributed by atoms with E-state index >= 15 is 0 Å². The van der Waals surface area contributed by atoms with Crippen molar-refractivity contribution in [2.24, 2.45) is 5.92 Å². The molecule has 1 aliphatic carbocycles. The first-order valence-electron chi connectivity index (χ1n) is 8.79. The molecule has 0 unspecified atom stereocenters. The van der Waals surface area contributed by atoms with Crippen LogP contribution in [0.2, 0.25) is 0 Å². The average Bonchev–Trinajstić information content (AvgIpc) is 3.00. The van der Waals surface area contributed by atoms with Crippen LogP contribution in [0.5, 0.6) is 5.75 Å². The van der Waals surface area contributed by atoms with Crippen LogP contribution in [0.15, 0.2) is 54.6 Å². The molecule has 2 aliphatic rings. The molecule has 4 rings (SSSR count). The Bertz CT molecular complexity index is 637. The molecule has 1 saturated heterocycles. The minimum atomic E-state index is 0.333. The van der Waals surface area contributed by atoms with Gasteiger partial charge in [0.05, 0.1) is 0 Å². The number of fused-ring (bicyclic) bond motifs is 2. The Kier molecular flexibility index (Phi) is 4.09. The summed E-state index contributed by atoms with van der Waals surface area (Å²) in [5.74, 6) is 1.75. The van der Waals surface area contributed by atoms with Gasteiger partial charge in [-0.1, -0.05) is 48.0 Å². The predicted octanol–water partition coefficient (Wildman–Crippen LogP) is 4.43. The van der Waals surface area contributed by atoms with E-state index in [0.717, 1.165) is 30.8 Å². The van der Waals surface area contributed by atoms with Crippen molar-refractivity contribution in [1.29, 1.82) is 0 Å². The van der Waals surface area contributed by atoms with Gasteiger partial charge in [-0.2, -0.15) is 0 Å². The summed E-state index contributed by atoms with van der Waals surface area (Å²) in [6.45, 7) is 4.22. The molecular formula is C21H25NO. The first-order valence-corrected chi connectivity index (χ1v) is 8.79. The van der Waals surface area contributed by atoms with Crippen LogP contribution in [-0.2, 0) is 6.54 Å². The quantitative estimate of drug-likeness (QED) is 0.828. The molecule has 1 aliphatic heterocycles. The van der Waals surface area contributed by atoms with Gasteiger partial charge in [-0.15, -0.1) is 0 Å². The van der Waals surface area contributed by atoms with Gasteiger partial charge in [-0.05, 0) is 49.8 Å². The second kappa shape index (κ2) is 6.37. The molecule has 0 aromatic heterocycles. The number of nitrogens with zero attached hydrogens (tertiary/aromatic N) is 1. The van der Waals surface area contributed by atoms with Gasteiger partial charge < -0.3 is 4.74 Å². The molecule has 2 aromatic rings. The third-order valence-electron chi connectivity index (χ3n) is 5.44. The highest BCUT2D eigenvalue weighted by molar-refractivity contribution is 5.26. The van der Waals surface area contributed by atoms with Crippen molar-refractivity contribution in [2.45, 2.75) is 44.9 Å². The Morgan fingerprint density at radius 1 is 1.00 bits per heavy atom. The average molecular weight is 307 g/mol. The third kappa shape index (κ3) is 3.28. The summed E-state index contributed by atoms with van der Waals surface area (Å²) in [5, 5.41) is 0. The van der Waals surface area contributed by atoms with E-state index in [0.29, 0.717) is 6.10 Å². The van der Waals surface area contributed by atoms with Gasteiger partial charge in [0.1, 0.15) is 11.9 Å². The van der Waals surface area contributed by atoms with Crippen molar-refractivity contribution >= 4 is 0 Å². The zero-order valence-corrected chi connectivity index (χ0v) is 13.8. The van der Waals surface area contributed by atoms with E-state index in [1.165, 1.54) is 30.4 Å². The summed E-state index contributed by atoms with van der Waals surface area (Å²) < 4.78 is 6.37. The molecule has 0 spiro atoms. The number of hydrogen-bond acceptors (Lipinski definition) is 2. The molecule has 2 aromatic carbocycles. The van der Waals surface area contributed by atoms with Crippen LogP contribution >= 0.6 is 0 Å². The monoisotopic (exact) mass is 307 g/mol. The van der Waals surface area contributed by atoms with E-state index in [4.69, 9.17) is 4.74 Å². The summed E-state index contributed by atoms with van der Waals surface area (Å²) in [7, 11) is 0. The van der Waals surface area contributed by atoms with Crippen molar-refractivity contribution in [1.82, 2.24) is 4.90 Å². The highest BCUT2D eigenvalue weighted by Gasteiger charge is 2.41. The van der Waals surface area contributed by atoms with Crippen LogP contribution in [-0.4, -0.2) is 23.6 Å². The summed E-state index contributed by atoms with van der Waals surface area (Å²) in [6.07, 6.45) is 4.27. The van der Waals surface area contributed by atoms with Crippen LogP contribution in [0.4, 0.5) is 0 Å². The summed E-state index contributed by atoms with van der Waals surface area (Å²) in [5.41, 5.74) is 2.69. The van der Waals surface area contributed by atoms with Gasteiger partial charge in [0.25, 0.3) is 0 Å². The summed E-state index contributed by atoms with van der Waals surface area (Å²) in [4.78, 5) is 2.64. The molecule has 2 nitrogen and oxygen atoms in total. The molecule has 120 valence electrons. The van der Waals surface area contributed by atoms with Crippen LogP contribution < -0.4 is 4.74 Å². The molecule has 1 heterocycles. The number of likely N-dealkylation sites (tertiary alicyclic amines) is 1. The van der Waals surface area contributed by atoms with Gasteiger partial charge in [-0.3, -0.25) is 4.90 Å². The van der Waals surface area contributed by atoms with Crippen LogP contribution in [0.3, 0.4) is 0 Å². The Hall–Kier alpha value is -1.80. The van der Waals surface area contributed by atoms with E-state index in [2.05, 4.69) is 66.4 Å². The van der Waals surface area contributed by atoms with Gasteiger partial charge in [-0.25, -0.2) is 0 Å². The molecule has 0 radical (unpaired) electrons. The molecule has 1 saturated carbocycles. The molecular weight excluding hydrogens is 282 g/mol. The standard InChI is InChI=1S/C21H25NO/c1-16-7-11-20(12-8-16)23-21-15-22(19-10-9-18(21)13-19)14-17-5-3-2-4-6-17/h2-8,11-12,18-19,21H,9-10,13-15H2,1H3/t18-,19+,21-/m0/s1. The molecule has 2 bridgehead atoms. The maximum absolute atomic E-state index is 6.37. The van der Waals surface area contributed by atoms with Gasteiger partial charge >= 0.3 is 0 Å². The number of benzene rings is 2. The van der Waals surface area contributed by atoms with Crippen molar-refractivity contribution in [3.8, 4) is 5.75 Å².